The van der Waals surface area contributed by atoms with E-state index in [2.05, 4.69) is 5.32 Å². The summed E-state index contributed by atoms with van der Waals surface area (Å²) in [4.78, 5) is 12.0. The summed E-state index contributed by atoms with van der Waals surface area (Å²) < 4.78 is 0. The molecule has 0 heterocycles. The van der Waals surface area contributed by atoms with E-state index in [0.29, 0.717) is 18.0 Å². The third kappa shape index (κ3) is 4.51. The summed E-state index contributed by atoms with van der Waals surface area (Å²) >= 11 is 5.91. The molecule has 0 saturated heterocycles. The molecule has 1 aromatic carbocycles. The fourth-order valence-electron chi connectivity index (χ4n) is 2.66. The molecule has 0 aliphatic heterocycles. The van der Waals surface area contributed by atoms with Gasteiger partial charge in [0.15, 0.2) is 0 Å². The Balaban J connectivity index is 1.81. The van der Waals surface area contributed by atoms with E-state index in [-0.39, 0.29) is 11.4 Å². The zero-order valence-electron chi connectivity index (χ0n) is 11.1. The minimum absolute atomic E-state index is 0.0318. The van der Waals surface area contributed by atoms with Crippen LogP contribution in [0.1, 0.15) is 44.1 Å². The molecule has 2 rings (SSSR count). The lowest BCUT2D eigenvalue weighted by Gasteiger charge is -2.32. The molecule has 4 heteroatoms. The summed E-state index contributed by atoms with van der Waals surface area (Å²) in [5.74, 6) is 0.0318. The van der Waals surface area contributed by atoms with Crippen LogP contribution in [-0.4, -0.2) is 11.4 Å². The summed E-state index contributed by atoms with van der Waals surface area (Å²) in [5.41, 5.74) is 6.99. The molecule has 1 saturated carbocycles. The summed E-state index contributed by atoms with van der Waals surface area (Å²) in [6.45, 7) is 0.509. The Morgan fingerprint density at radius 2 is 2.05 bits per heavy atom. The Hall–Kier alpha value is -1.06. The maximum absolute atomic E-state index is 12.0. The van der Waals surface area contributed by atoms with Crippen molar-refractivity contribution in [2.75, 3.05) is 0 Å². The first-order valence-corrected chi connectivity index (χ1v) is 7.25. The van der Waals surface area contributed by atoms with Gasteiger partial charge >= 0.3 is 0 Å². The Labute approximate surface area is 119 Å². The number of carbonyl (C=O) groups excluding carboxylic acids is 1. The van der Waals surface area contributed by atoms with Crippen LogP contribution < -0.4 is 11.1 Å². The lowest BCUT2D eigenvalue weighted by molar-refractivity contribution is -0.122. The first kappa shape index (κ1) is 14.4. The Morgan fingerprint density at radius 3 is 2.74 bits per heavy atom. The molecular weight excluding hydrogens is 260 g/mol. The van der Waals surface area contributed by atoms with Crippen LogP contribution in [0.5, 0.6) is 0 Å². The highest BCUT2D eigenvalue weighted by Crippen LogP contribution is 2.28. The van der Waals surface area contributed by atoms with Gasteiger partial charge in [-0.25, -0.2) is 0 Å². The highest BCUT2D eigenvalue weighted by atomic mass is 35.5. The van der Waals surface area contributed by atoms with Gasteiger partial charge in [0.1, 0.15) is 0 Å². The van der Waals surface area contributed by atoms with Crippen LogP contribution in [0.3, 0.4) is 0 Å². The van der Waals surface area contributed by atoms with Gasteiger partial charge in [0.2, 0.25) is 5.91 Å². The largest absolute Gasteiger partial charge is 0.352 e. The van der Waals surface area contributed by atoms with Gasteiger partial charge in [0.25, 0.3) is 0 Å². The molecule has 1 fully saturated rings. The lowest BCUT2D eigenvalue weighted by Crippen LogP contribution is -2.45. The van der Waals surface area contributed by atoms with E-state index in [1.165, 1.54) is 6.42 Å². The van der Waals surface area contributed by atoms with E-state index in [0.717, 1.165) is 31.2 Å². The smallest absolute Gasteiger partial charge is 0.222 e. The number of halogens is 1. The van der Waals surface area contributed by atoms with Crippen molar-refractivity contribution in [2.45, 2.75) is 50.6 Å². The molecule has 3 N–H and O–H groups in total. The number of hydrogen-bond donors (Lipinski definition) is 2. The van der Waals surface area contributed by atoms with Crippen LogP contribution in [0.2, 0.25) is 5.02 Å². The SMILES string of the molecule is NC1(CC(=O)NCc2cccc(Cl)c2)CCCCC1. The van der Waals surface area contributed by atoms with Gasteiger partial charge in [-0.1, -0.05) is 43.0 Å². The van der Waals surface area contributed by atoms with Crippen molar-refractivity contribution in [1.29, 1.82) is 0 Å². The highest BCUT2D eigenvalue weighted by molar-refractivity contribution is 6.30. The normalized spacial score (nSPS) is 18.0. The Bertz CT molecular complexity index is 442. The average Bonchev–Trinajstić information content (AvgIpc) is 2.37. The topological polar surface area (TPSA) is 55.1 Å². The quantitative estimate of drug-likeness (QED) is 0.891. The van der Waals surface area contributed by atoms with Crippen molar-refractivity contribution in [3.8, 4) is 0 Å². The molecule has 0 spiro atoms. The molecule has 104 valence electrons. The van der Waals surface area contributed by atoms with Gasteiger partial charge in [0.05, 0.1) is 0 Å². The van der Waals surface area contributed by atoms with Gasteiger partial charge in [-0.15, -0.1) is 0 Å². The fraction of sp³-hybridized carbons (Fsp3) is 0.533. The second kappa shape index (κ2) is 6.40. The van der Waals surface area contributed by atoms with Crippen molar-refractivity contribution >= 4 is 17.5 Å². The average molecular weight is 281 g/mol. The maximum Gasteiger partial charge on any atom is 0.222 e. The predicted octanol–water partition coefficient (Wildman–Crippen LogP) is 3.01. The fourth-order valence-corrected chi connectivity index (χ4v) is 2.88. The molecule has 1 aliphatic rings. The van der Waals surface area contributed by atoms with Crippen LogP contribution in [0.25, 0.3) is 0 Å². The number of nitrogens with one attached hydrogen (secondary N) is 1. The van der Waals surface area contributed by atoms with E-state index < -0.39 is 0 Å². The van der Waals surface area contributed by atoms with Crippen molar-refractivity contribution in [3.63, 3.8) is 0 Å². The number of nitrogens with two attached hydrogens (primary N) is 1. The monoisotopic (exact) mass is 280 g/mol. The van der Waals surface area contributed by atoms with Crippen molar-refractivity contribution in [1.82, 2.24) is 5.32 Å². The predicted molar refractivity (Wildman–Crippen MR) is 77.9 cm³/mol. The first-order valence-electron chi connectivity index (χ1n) is 6.87. The van der Waals surface area contributed by atoms with Gasteiger partial charge in [-0.2, -0.15) is 0 Å². The summed E-state index contributed by atoms with van der Waals surface area (Å²) in [5, 5.41) is 3.61. The van der Waals surface area contributed by atoms with Gasteiger partial charge in [-0.05, 0) is 30.5 Å². The van der Waals surface area contributed by atoms with Crippen LogP contribution in [0.15, 0.2) is 24.3 Å². The summed E-state index contributed by atoms with van der Waals surface area (Å²) in [6.07, 6.45) is 5.85. The molecule has 19 heavy (non-hydrogen) atoms. The molecule has 0 aromatic heterocycles. The number of carbonyl (C=O) groups is 1. The van der Waals surface area contributed by atoms with Gasteiger partial charge < -0.3 is 11.1 Å². The van der Waals surface area contributed by atoms with Crippen LogP contribution in [-0.2, 0) is 11.3 Å². The highest BCUT2D eigenvalue weighted by Gasteiger charge is 2.29. The first-order chi connectivity index (χ1) is 9.07. The lowest BCUT2D eigenvalue weighted by atomic mass is 9.80. The van der Waals surface area contributed by atoms with Crippen molar-refractivity contribution in [3.05, 3.63) is 34.9 Å². The van der Waals surface area contributed by atoms with Crippen molar-refractivity contribution in [2.24, 2.45) is 5.73 Å². The number of rotatable bonds is 4. The maximum atomic E-state index is 12.0. The Kier molecular flexibility index (Phi) is 4.83. The summed E-state index contributed by atoms with van der Waals surface area (Å²) in [6, 6.07) is 7.52. The van der Waals surface area contributed by atoms with E-state index in [9.17, 15) is 4.79 Å². The molecule has 3 nitrogen and oxygen atoms in total. The molecule has 0 unspecified atom stereocenters. The van der Waals surface area contributed by atoms with E-state index in [1.54, 1.807) is 0 Å². The zero-order valence-corrected chi connectivity index (χ0v) is 11.9. The van der Waals surface area contributed by atoms with Crippen LogP contribution in [0, 0.1) is 0 Å². The van der Waals surface area contributed by atoms with Gasteiger partial charge in [0, 0.05) is 23.5 Å². The molecule has 1 aromatic rings. The standard InChI is InChI=1S/C15H21ClN2O/c16-13-6-4-5-12(9-13)11-18-14(19)10-15(17)7-2-1-3-8-15/h4-6,9H,1-3,7-8,10-11,17H2,(H,18,19). The third-order valence-corrected chi connectivity index (χ3v) is 3.98. The zero-order chi connectivity index (χ0) is 13.7. The van der Waals surface area contributed by atoms with E-state index in [4.69, 9.17) is 17.3 Å². The second-order valence-electron chi connectivity index (χ2n) is 5.51. The van der Waals surface area contributed by atoms with Crippen LogP contribution >= 0.6 is 11.6 Å². The molecule has 1 amide bonds. The molecule has 0 bridgehead atoms. The minimum Gasteiger partial charge on any atom is -0.352 e. The van der Waals surface area contributed by atoms with Crippen molar-refractivity contribution < 1.29 is 4.79 Å². The second-order valence-corrected chi connectivity index (χ2v) is 5.94. The third-order valence-electron chi connectivity index (χ3n) is 3.74. The van der Waals surface area contributed by atoms with E-state index >= 15 is 0 Å². The van der Waals surface area contributed by atoms with Crippen LogP contribution in [0.4, 0.5) is 0 Å². The molecule has 0 atom stereocenters. The van der Waals surface area contributed by atoms with E-state index in [1.807, 2.05) is 24.3 Å². The van der Waals surface area contributed by atoms with Gasteiger partial charge in [-0.3, -0.25) is 4.79 Å². The number of amides is 1. The minimum atomic E-state index is -0.295. The summed E-state index contributed by atoms with van der Waals surface area (Å²) in [7, 11) is 0. The molecular formula is C15H21ClN2O. The number of benzene rings is 1. The Morgan fingerprint density at radius 1 is 1.32 bits per heavy atom. The molecule has 1 aliphatic carbocycles. The number of hydrogen-bond acceptors (Lipinski definition) is 2. The molecule has 0 radical (unpaired) electrons.